The summed E-state index contributed by atoms with van der Waals surface area (Å²) < 4.78 is 5.57. The predicted molar refractivity (Wildman–Crippen MR) is 106 cm³/mol. The first-order valence-electron chi connectivity index (χ1n) is 9.18. The third kappa shape index (κ3) is 5.82. The van der Waals surface area contributed by atoms with Gasteiger partial charge in [-0.1, -0.05) is 32.9 Å². The lowest BCUT2D eigenvalue weighted by Crippen LogP contribution is -2.42. The molecule has 0 fully saturated rings. The molecular formula is C21H30N2O4. The fourth-order valence-corrected chi connectivity index (χ4v) is 2.69. The first kappa shape index (κ1) is 21.0. The second-order valence-electron chi connectivity index (χ2n) is 8.85. The van der Waals surface area contributed by atoms with Gasteiger partial charge in [-0.2, -0.15) is 0 Å². The molecule has 1 heterocycles. The third-order valence-electron chi connectivity index (χ3n) is 4.28. The Balaban J connectivity index is 2.12. The number of carboxylic acid groups (broad SMARTS) is 1. The Labute approximate surface area is 160 Å². The minimum Gasteiger partial charge on any atom is -0.480 e. The van der Waals surface area contributed by atoms with Gasteiger partial charge in [0, 0.05) is 23.9 Å². The summed E-state index contributed by atoms with van der Waals surface area (Å²) in [6.45, 7) is 12.3. The number of amides is 1. The number of carbonyl (C=O) groups is 2. The predicted octanol–water partition coefficient (Wildman–Crippen LogP) is 3.85. The van der Waals surface area contributed by atoms with E-state index >= 15 is 0 Å². The summed E-state index contributed by atoms with van der Waals surface area (Å²) in [6.07, 6.45) is 0.201. The fraction of sp³-hybridized carbons (Fsp3) is 0.524. The summed E-state index contributed by atoms with van der Waals surface area (Å²) in [6, 6.07) is 6.77. The molecule has 1 aromatic carbocycles. The van der Waals surface area contributed by atoms with Crippen LogP contribution in [0.15, 0.2) is 24.3 Å². The zero-order valence-electron chi connectivity index (χ0n) is 17.0. The van der Waals surface area contributed by atoms with Gasteiger partial charge in [0.2, 0.25) is 0 Å². The van der Waals surface area contributed by atoms with Crippen LogP contribution in [-0.2, 0) is 14.9 Å². The number of benzene rings is 1. The van der Waals surface area contributed by atoms with E-state index in [1.807, 2.05) is 39.0 Å². The molecule has 0 saturated heterocycles. The van der Waals surface area contributed by atoms with Gasteiger partial charge in [-0.15, -0.1) is 0 Å². The topological polar surface area (TPSA) is 91.4 Å². The van der Waals surface area contributed by atoms with Gasteiger partial charge in [-0.3, -0.25) is 4.79 Å². The minimum absolute atomic E-state index is 0.00315. The Morgan fingerprint density at radius 3 is 2.37 bits per heavy atom. The Bertz CT molecular complexity index is 825. The monoisotopic (exact) mass is 374 g/mol. The number of aliphatic carboxylic acids is 1. The molecule has 3 N–H and O–H groups in total. The van der Waals surface area contributed by atoms with Crippen molar-refractivity contribution >= 4 is 22.8 Å². The van der Waals surface area contributed by atoms with Crippen LogP contribution in [0.5, 0.6) is 0 Å². The van der Waals surface area contributed by atoms with E-state index in [0.717, 1.165) is 16.5 Å². The maximum absolute atomic E-state index is 12.5. The molecule has 0 saturated carbocycles. The fourth-order valence-electron chi connectivity index (χ4n) is 2.69. The number of rotatable bonds is 6. The molecule has 27 heavy (non-hydrogen) atoms. The standard InChI is InChI=1S/C21H30N2O4/c1-20(2,3)14-8-7-13-11-17(22-16(13)12-14)18(24)23-15(19(25)26)9-10-27-21(4,5)6/h7-8,11-12,15,22H,9-10H2,1-6H3,(H,23,24)(H,25,26). The molecule has 1 atom stereocenters. The maximum atomic E-state index is 12.5. The zero-order chi connectivity index (χ0) is 20.4. The lowest BCUT2D eigenvalue weighted by molar-refractivity contribution is -0.140. The molecule has 1 unspecified atom stereocenters. The second kappa shape index (κ2) is 7.72. The molecule has 0 aliphatic carbocycles. The van der Waals surface area contributed by atoms with Gasteiger partial charge >= 0.3 is 5.97 Å². The highest BCUT2D eigenvalue weighted by molar-refractivity contribution is 5.99. The average Bonchev–Trinajstić information content (AvgIpc) is 2.94. The van der Waals surface area contributed by atoms with Crippen LogP contribution in [0.4, 0.5) is 0 Å². The molecule has 0 bridgehead atoms. The van der Waals surface area contributed by atoms with Crippen molar-refractivity contribution in [2.75, 3.05) is 6.61 Å². The summed E-state index contributed by atoms with van der Waals surface area (Å²) in [4.78, 5) is 27.1. The van der Waals surface area contributed by atoms with E-state index in [0.29, 0.717) is 5.69 Å². The van der Waals surface area contributed by atoms with E-state index in [2.05, 4.69) is 31.1 Å². The van der Waals surface area contributed by atoms with E-state index < -0.39 is 17.9 Å². The molecule has 0 radical (unpaired) electrons. The summed E-state index contributed by atoms with van der Waals surface area (Å²) in [7, 11) is 0. The van der Waals surface area contributed by atoms with Gasteiger partial charge in [0.05, 0.1) is 5.60 Å². The number of aromatic amines is 1. The van der Waals surface area contributed by atoms with Crippen LogP contribution in [0.25, 0.3) is 10.9 Å². The summed E-state index contributed by atoms with van der Waals surface area (Å²) in [5, 5.41) is 12.9. The lowest BCUT2D eigenvalue weighted by Gasteiger charge is -2.21. The molecule has 0 spiro atoms. The highest BCUT2D eigenvalue weighted by Gasteiger charge is 2.23. The summed E-state index contributed by atoms with van der Waals surface area (Å²) >= 11 is 0. The number of carbonyl (C=O) groups excluding carboxylic acids is 1. The van der Waals surface area contributed by atoms with Crippen molar-refractivity contribution in [2.45, 2.75) is 65.0 Å². The Morgan fingerprint density at radius 1 is 1.15 bits per heavy atom. The number of hydrogen-bond acceptors (Lipinski definition) is 3. The quantitative estimate of drug-likeness (QED) is 0.716. The molecule has 0 aliphatic rings. The highest BCUT2D eigenvalue weighted by atomic mass is 16.5. The second-order valence-corrected chi connectivity index (χ2v) is 8.85. The Hall–Kier alpha value is -2.34. The average molecular weight is 374 g/mol. The van der Waals surface area contributed by atoms with E-state index in [9.17, 15) is 14.7 Å². The van der Waals surface area contributed by atoms with Gasteiger partial charge in [-0.05, 0) is 43.9 Å². The Morgan fingerprint density at radius 2 is 1.81 bits per heavy atom. The van der Waals surface area contributed by atoms with Crippen molar-refractivity contribution in [3.8, 4) is 0 Å². The van der Waals surface area contributed by atoms with Gasteiger partial charge in [-0.25, -0.2) is 4.79 Å². The number of aromatic nitrogens is 1. The number of ether oxygens (including phenoxy) is 1. The van der Waals surface area contributed by atoms with Crippen molar-refractivity contribution < 1.29 is 19.4 Å². The molecule has 1 aromatic heterocycles. The first-order valence-corrected chi connectivity index (χ1v) is 9.18. The van der Waals surface area contributed by atoms with Gasteiger partial charge in [0.15, 0.2) is 0 Å². The van der Waals surface area contributed by atoms with E-state index in [4.69, 9.17) is 4.74 Å². The van der Waals surface area contributed by atoms with Gasteiger partial charge in [0.25, 0.3) is 5.91 Å². The lowest BCUT2D eigenvalue weighted by atomic mass is 9.87. The molecule has 6 heteroatoms. The third-order valence-corrected chi connectivity index (χ3v) is 4.28. The van der Waals surface area contributed by atoms with Crippen LogP contribution in [0, 0.1) is 0 Å². The zero-order valence-corrected chi connectivity index (χ0v) is 17.0. The van der Waals surface area contributed by atoms with Crippen molar-refractivity contribution in [1.29, 1.82) is 0 Å². The minimum atomic E-state index is -1.08. The normalized spacial score (nSPS) is 13.6. The van der Waals surface area contributed by atoms with Crippen LogP contribution in [0.2, 0.25) is 0 Å². The molecular weight excluding hydrogens is 344 g/mol. The van der Waals surface area contributed by atoms with Crippen LogP contribution in [0.3, 0.4) is 0 Å². The number of carboxylic acids is 1. The maximum Gasteiger partial charge on any atom is 0.326 e. The summed E-state index contributed by atoms with van der Waals surface area (Å²) in [5.41, 5.74) is 2.01. The largest absolute Gasteiger partial charge is 0.480 e. The van der Waals surface area contributed by atoms with Crippen LogP contribution >= 0.6 is 0 Å². The van der Waals surface area contributed by atoms with E-state index in [1.54, 1.807) is 6.07 Å². The molecule has 6 nitrogen and oxygen atoms in total. The SMILES string of the molecule is CC(C)(C)OCCC(NC(=O)c1cc2ccc(C(C)(C)C)cc2[nH]1)C(=O)O. The van der Waals surface area contributed by atoms with Crippen molar-refractivity contribution in [3.63, 3.8) is 0 Å². The van der Waals surface area contributed by atoms with Crippen LogP contribution in [0.1, 0.15) is 64.0 Å². The van der Waals surface area contributed by atoms with Crippen molar-refractivity contribution in [2.24, 2.45) is 0 Å². The highest BCUT2D eigenvalue weighted by Crippen LogP contribution is 2.26. The molecule has 1 amide bonds. The molecule has 2 aromatic rings. The summed E-state index contributed by atoms with van der Waals surface area (Å²) in [5.74, 6) is -1.52. The van der Waals surface area contributed by atoms with E-state index in [1.165, 1.54) is 0 Å². The smallest absolute Gasteiger partial charge is 0.326 e. The van der Waals surface area contributed by atoms with Gasteiger partial charge in [0.1, 0.15) is 11.7 Å². The number of H-pyrrole nitrogens is 1. The number of hydrogen-bond donors (Lipinski definition) is 3. The first-order chi connectivity index (χ1) is 12.4. The van der Waals surface area contributed by atoms with E-state index in [-0.39, 0.29) is 24.0 Å². The van der Waals surface area contributed by atoms with Crippen LogP contribution < -0.4 is 5.32 Å². The molecule has 2 rings (SSSR count). The van der Waals surface area contributed by atoms with Crippen molar-refractivity contribution in [3.05, 3.63) is 35.5 Å². The number of fused-ring (bicyclic) bond motifs is 1. The van der Waals surface area contributed by atoms with Gasteiger partial charge < -0.3 is 20.1 Å². The van der Waals surface area contributed by atoms with Crippen LogP contribution in [-0.4, -0.2) is 40.2 Å². The van der Waals surface area contributed by atoms with Crippen molar-refractivity contribution in [1.82, 2.24) is 10.3 Å². The molecule has 0 aliphatic heterocycles. The molecule has 148 valence electrons. The Kier molecular flexibility index (Phi) is 6.00. The number of nitrogens with one attached hydrogen (secondary N) is 2.